The van der Waals surface area contributed by atoms with Crippen LogP contribution in [0, 0.1) is 0 Å². The van der Waals surface area contributed by atoms with Crippen molar-refractivity contribution >= 4 is 70.8 Å². The molecule has 2 nitrogen and oxygen atoms in total. The maximum atomic E-state index is 6.40. The molecule has 166 valence electrons. The molecule has 6 aromatic carbocycles. The number of benzene rings is 6. The second-order valence-corrected chi connectivity index (χ2v) is 9.73. The standard InChI is InChI=1S/C34H19NO/c1-2-8-22-20(7-1)16-18-30-33(22)26-17-15-21(19-31(26)36-30)23-10-6-14-29-32(23)27-12-5-11-25-24-9-3-4-13-28(24)35(29)34(25)27/h1-19H. The lowest BCUT2D eigenvalue weighted by Crippen LogP contribution is -1.83. The lowest BCUT2D eigenvalue weighted by Gasteiger charge is -2.06. The van der Waals surface area contributed by atoms with Gasteiger partial charge in [0.05, 0.1) is 16.6 Å². The average Bonchev–Trinajstić information content (AvgIpc) is 3.59. The third-order valence-corrected chi connectivity index (χ3v) is 7.92. The van der Waals surface area contributed by atoms with E-state index in [1.54, 1.807) is 0 Å². The fraction of sp³-hybridized carbons (Fsp3) is 0. The van der Waals surface area contributed by atoms with Crippen molar-refractivity contribution in [1.29, 1.82) is 0 Å². The van der Waals surface area contributed by atoms with E-state index in [9.17, 15) is 0 Å². The Morgan fingerprint density at radius 1 is 0.472 bits per heavy atom. The maximum absolute atomic E-state index is 6.40. The van der Waals surface area contributed by atoms with Crippen molar-refractivity contribution in [3.8, 4) is 11.1 Å². The lowest BCUT2D eigenvalue weighted by molar-refractivity contribution is 0.669. The lowest BCUT2D eigenvalue weighted by atomic mass is 9.97. The summed E-state index contributed by atoms with van der Waals surface area (Å²) in [5, 5.41) is 10.0. The number of aromatic nitrogens is 1. The van der Waals surface area contributed by atoms with Crippen LogP contribution in [0.4, 0.5) is 0 Å². The van der Waals surface area contributed by atoms with Crippen LogP contribution in [0.1, 0.15) is 0 Å². The monoisotopic (exact) mass is 457 g/mol. The molecule has 0 unspecified atom stereocenters. The maximum Gasteiger partial charge on any atom is 0.136 e. The predicted molar refractivity (Wildman–Crippen MR) is 151 cm³/mol. The van der Waals surface area contributed by atoms with Gasteiger partial charge in [0.15, 0.2) is 0 Å². The van der Waals surface area contributed by atoms with E-state index in [-0.39, 0.29) is 0 Å². The molecule has 0 N–H and O–H groups in total. The number of hydrogen-bond acceptors (Lipinski definition) is 1. The number of hydrogen-bond donors (Lipinski definition) is 0. The van der Waals surface area contributed by atoms with Crippen molar-refractivity contribution in [3.63, 3.8) is 0 Å². The van der Waals surface area contributed by atoms with Crippen LogP contribution >= 0.6 is 0 Å². The van der Waals surface area contributed by atoms with Gasteiger partial charge in [0.2, 0.25) is 0 Å². The van der Waals surface area contributed by atoms with Crippen molar-refractivity contribution in [2.24, 2.45) is 0 Å². The zero-order chi connectivity index (χ0) is 23.4. The molecule has 2 heteroatoms. The number of rotatable bonds is 1. The number of fused-ring (bicyclic) bond motifs is 11. The molecule has 0 aliphatic rings. The molecule has 9 rings (SSSR count). The van der Waals surface area contributed by atoms with Gasteiger partial charge in [0.25, 0.3) is 0 Å². The van der Waals surface area contributed by atoms with E-state index >= 15 is 0 Å². The van der Waals surface area contributed by atoms with Gasteiger partial charge >= 0.3 is 0 Å². The van der Waals surface area contributed by atoms with E-state index in [4.69, 9.17) is 4.42 Å². The van der Waals surface area contributed by atoms with Crippen LogP contribution in [0.5, 0.6) is 0 Å². The Morgan fingerprint density at radius 2 is 1.25 bits per heavy atom. The summed E-state index contributed by atoms with van der Waals surface area (Å²) in [6.45, 7) is 0. The summed E-state index contributed by atoms with van der Waals surface area (Å²) in [4.78, 5) is 0. The van der Waals surface area contributed by atoms with E-state index < -0.39 is 0 Å². The molecular weight excluding hydrogens is 438 g/mol. The molecule has 36 heavy (non-hydrogen) atoms. The van der Waals surface area contributed by atoms with Crippen LogP contribution < -0.4 is 0 Å². The Kier molecular flexibility index (Phi) is 3.31. The molecular formula is C34H19NO. The molecule has 9 aromatic rings. The highest BCUT2D eigenvalue weighted by Crippen LogP contribution is 2.43. The minimum absolute atomic E-state index is 0.928. The van der Waals surface area contributed by atoms with Crippen molar-refractivity contribution in [2.45, 2.75) is 0 Å². The predicted octanol–water partition coefficient (Wildman–Crippen LogP) is 9.56. The fourth-order valence-corrected chi connectivity index (χ4v) is 6.43. The molecule has 0 saturated carbocycles. The van der Waals surface area contributed by atoms with E-state index in [1.807, 2.05) is 0 Å². The third-order valence-electron chi connectivity index (χ3n) is 7.92. The Hall–Kier alpha value is -4.82. The highest BCUT2D eigenvalue weighted by Gasteiger charge is 2.20. The molecule has 3 aromatic heterocycles. The summed E-state index contributed by atoms with van der Waals surface area (Å²) in [6.07, 6.45) is 0. The molecule has 0 bridgehead atoms. The van der Waals surface area contributed by atoms with Crippen LogP contribution in [0.3, 0.4) is 0 Å². The molecule has 0 saturated heterocycles. The highest BCUT2D eigenvalue weighted by atomic mass is 16.3. The average molecular weight is 458 g/mol. The van der Waals surface area contributed by atoms with Crippen molar-refractivity contribution in [3.05, 3.63) is 115 Å². The zero-order valence-electron chi connectivity index (χ0n) is 19.3. The minimum atomic E-state index is 0.928. The van der Waals surface area contributed by atoms with Gasteiger partial charge in [-0.05, 0) is 52.2 Å². The van der Waals surface area contributed by atoms with Crippen molar-refractivity contribution < 1.29 is 4.42 Å². The Balaban J connectivity index is 1.38. The van der Waals surface area contributed by atoms with Crippen molar-refractivity contribution in [2.75, 3.05) is 0 Å². The van der Waals surface area contributed by atoms with Gasteiger partial charge in [0, 0.05) is 32.3 Å². The summed E-state index contributed by atoms with van der Waals surface area (Å²) in [6, 6.07) is 41.5. The molecule has 0 atom stereocenters. The Morgan fingerprint density at radius 3 is 2.22 bits per heavy atom. The molecule has 0 aliphatic carbocycles. The Labute approximate surface area is 205 Å². The van der Waals surface area contributed by atoms with E-state index in [2.05, 4.69) is 120 Å². The van der Waals surface area contributed by atoms with Gasteiger partial charge in [-0.25, -0.2) is 0 Å². The normalized spacial score (nSPS) is 12.4. The summed E-state index contributed by atoms with van der Waals surface area (Å²) >= 11 is 0. The molecule has 0 amide bonds. The summed E-state index contributed by atoms with van der Waals surface area (Å²) in [5.41, 5.74) is 8.09. The number of nitrogens with zero attached hydrogens (tertiary/aromatic N) is 1. The van der Waals surface area contributed by atoms with Gasteiger partial charge in [-0.2, -0.15) is 0 Å². The SMILES string of the molecule is c1ccc2c(c1)ccc1oc3cc(-c4cccc5c4c4cccc6c7ccccc7n5c64)ccc3c12. The Bertz CT molecular complexity index is 2310. The van der Waals surface area contributed by atoms with E-state index in [0.717, 1.165) is 16.6 Å². The third kappa shape index (κ3) is 2.18. The van der Waals surface area contributed by atoms with Gasteiger partial charge in [-0.15, -0.1) is 0 Å². The molecule has 0 aliphatic heterocycles. The largest absolute Gasteiger partial charge is 0.456 e. The number of furan rings is 1. The van der Waals surface area contributed by atoms with E-state index in [1.165, 1.54) is 65.4 Å². The first-order valence-corrected chi connectivity index (χ1v) is 12.4. The summed E-state index contributed by atoms with van der Waals surface area (Å²) in [7, 11) is 0. The number of para-hydroxylation sites is 2. The van der Waals surface area contributed by atoms with Crippen LogP contribution in [-0.4, -0.2) is 4.40 Å². The minimum Gasteiger partial charge on any atom is -0.456 e. The van der Waals surface area contributed by atoms with Crippen LogP contribution in [0.25, 0.3) is 81.9 Å². The van der Waals surface area contributed by atoms with Crippen LogP contribution in [0.15, 0.2) is 120 Å². The quantitative estimate of drug-likeness (QED) is 0.240. The second-order valence-electron chi connectivity index (χ2n) is 9.73. The van der Waals surface area contributed by atoms with E-state index in [0.29, 0.717) is 0 Å². The topological polar surface area (TPSA) is 17.6 Å². The smallest absolute Gasteiger partial charge is 0.136 e. The summed E-state index contributed by atoms with van der Waals surface area (Å²) < 4.78 is 8.83. The second kappa shape index (κ2) is 6.44. The van der Waals surface area contributed by atoms with Gasteiger partial charge < -0.3 is 8.82 Å². The fourth-order valence-electron chi connectivity index (χ4n) is 6.43. The van der Waals surface area contributed by atoms with Crippen molar-refractivity contribution in [1.82, 2.24) is 4.40 Å². The molecule has 3 heterocycles. The first-order valence-electron chi connectivity index (χ1n) is 12.4. The van der Waals surface area contributed by atoms with Gasteiger partial charge in [-0.1, -0.05) is 84.9 Å². The molecule has 0 radical (unpaired) electrons. The van der Waals surface area contributed by atoms with Gasteiger partial charge in [0.1, 0.15) is 11.2 Å². The van der Waals surface area contributed by atoms with Crippen LogP contribution in [0.2, 0.25) is 0 Å². The zero-order valence-corrected chi connectivity index (χ0v) is 19.3. The molecule has 0 spiro atoms. The first-order chi connectivity index (χ1) is 17.9. The van der Waals surface area contributed by atoms with Crippen LogP contribution in [-0.2, 0) is 0 Å². The molecule has 0 fully saturated rings. The first kappa shape index (κ1) is 18.5. The van der Waals surface area contributed by atoms with Gasteiger partial charge in [-0.3, -0.25) is 0 Å². The highest BCUT2D eigenvalue weighted by molar-refractivity contribution is 6.26. The summed E-state index contributed by atoms with van der Waals surface area (Å²) in [5.74, 6) is 0.